The Morgan fingerprint density at radius 2 is 2.04 bits per heavy atom. The van der Waals surface area contributed by atoms with Crippen LogP contribution in [0.1, 0.15) is 38.5 Å². The molecule has 1 fully saturated rings. The van der Waals surface area contributed by atoms with Crippen molar-refractivity contribution in [1.82, 2.24) is 4.98 Å². The van der Waals surface area contributed by atoms with E-state index < -0.39 is 6.61 Å². The molecule has 3 rings (SSSR count). The fourth-order valence-electron chi connectivity index (χ4n) is 2.34. The number of alkyl halides is 2. The van der Waals surface area contributed by atoms with Gasteiger partial charge in [-0.05, 0) is 42.9 Å². The first kappa shape index (κ1) is 17.7. The van der Waals surface area contributed by atoms with E-state index in [9.17, 15) is 8.78 Å². The van der Waals surface area contributed by atoms with Crippen molar-refractivity contribution in [3.05, 3.63) is 30.2 Å². The number of hydrogen-bond acceptors (Lipinski definition) is 5. The van der Waals surface area contributed by atoms with Crippen LogP contribution in [-0.4, -0.2) is 18.2 Å². The Hall–Kier alpha value is -2.15. The van der Waals surface area contributed by atoms with E-state index in [1.807, 2.05) is 13.8 Å². The molecule has 1 aromatic heterocycles. The molecule has 1 aromatic carbocycles. The average Bonchev–Trinajstić information content (AvgIpc) is 3.27. The SMILES string of the molecule is CC(C)[C@H](N)c1cnc(-c2ccc(OC(F)F)c(OCC3CC3)c2)o1. The lowest BCUT2D eigenvalue weighted by Gasteiger charge is -2.13. The molecule has 5 nitrogen and oxygen atoms in total. The minimum absolute atomic E-state index is 0.00469. The van der Waals surface area contributed by atoms with Crippen LogP contribution in [0.2, 0.25) is 0 Å². The van der Waals surface area contributed by atoms with Crippen LogP contribution in [0.4, 0.5) is 8.78 Å². The minimum atomic E-state index is -2.91. The van der Waals surface area contributed by atoms with Crippen LogP contribution in [-0.2, 0) is 0 Å². The highest BCUT2D eigenvalue weighted by atomic mass is 19.3. The molecule has 1 heterocycles. The number of aromatic nitrogens is 1. The second-order valence-corrected chi connectivity index (χ2v) is 6.63. The fourth-order valence-corrected chi connectivity index (χ4v) is 2.34. The standard InChI is InChI=1S/C18H22F2N2O3/c1-10(2)16(21)15-8-22-17(24-15)12-5-6-13(25-18(19)20)14(7-12)23-9-11-3-4-11/h5-8,10-11,16,18H,3-4,9,21H2,1-2H3/t16-/m0/s1. The summed E-state index contributed by atoms with van der Waals surface area (Å²) in [6.07, 6.45) is 3.79. The summed E-state index contributed by atoms with van der Waals surface area (Å²) >= 11 is 0. The maximum absolute atomic E-state index is 12.6. The molecule has 1 atom stereocenters. The lowest BCUT2D eigenvalue weighted by Crippen LogP contribution is -2.15. The summed E-state index contributed by atoms with van der Waals surface area (Å²) in [4.78, 5) is 4.24. The van der Waals surface area contributed by atoms with E-state index in [0.717, 1.165) is 12.8 Å². The van der Waals surface area contributed by atoms with Gasteiger partial charge in [-0.1, -0.05) is 13.8 Å². The van der Waals surface area contributed by atoms with E-state index in [-0.39, 0.29) is 23.5 Å². The van der Waals surface area contributed by atoms with Crippen molar-refractivity contribution >= 4 is 0 Å². The molecule has 0 aliphatic heterocycles. The molecule has 25 heavy (non-hydrogen) atoms. The lowest BCUT2D eigenvalue weighted by atomic mass is 10.0. The van der Waals surface area contributed by atoms with E-state index in [1.165, 1.54) is 6.07 Å². The van der Waals surface area contributed by atoms with Gasteiger partial charge in [-0.15, -0.1) is 0 Å². The van der Waals surface area contributed by atoms with Gasteiger partial charge in [-0.2, -0.15) is 8.78 Å². The third-order valence-electron chi connectivity index (χ3n) is 4.15. The monoisotopic (exact) mass is 352 g/mol. The van der Waals surface area contributed by atoms with Gasteiger partial charge < -0.3 is 19.6 Å². The second-order valence-electron chi connectivity index (χ2n) is 6.63. The zero-order chi connectivity index (χ0) is 18.0. The second kappa shape index (κ2) is 7.39. The average molecular weight is 352 g/mol. The molecule has 0 unspecified atom stereocenters. The van der Waals surface area contributed by atoms with E-state index in [0.29, 0.717) is 29.7 Å². The van der Waals surface area contributed by atoms with Crippen molar-refractivity contribution in [2.75, 3.05) is 6.61 Å². The van der Waals surface area contributed by atoms with Gasteiger partial charge >= 0.3 is 6.61 Å². The summed E-state index contributed by atoms with van der Waals surface area (Å²) in [5.74, 6) is 1.91. The van der Waals surface area contributed by atoms with Crippen molar-refractivity contribution in [3.8, 4) is 23.0 Å². The molecule has 2 aromatic rings. The summed E-state index contributed by atoms with van der Waals surface area (Å²) < 4.78 is 41.1. The van der Waals surface area contributed by atoms with Gasteiger partial charge in [-0.3, -0.25) is 0 Å². The summed E-state index contributed by atoms with van der Waals surface area (Å²) in [7, 11) is 0. The molecule has 0 spiro atoms. The summed E-state index contributed by atoms with van der Waals surface area (Å²) in [5, 5.41) is 0. The van der Waals surface area contributed by atoms with Crippen molar-refractivity contribution in [2.45, 2.75) is 39.3 Å². The van der Waals surface area contributed by atoms with Gasteiger partial charge in [0.15, 0.2) is 11.5 Å². The number of nitrogens with two attached hydrogens (primary N) is 1. The molecule has 0 saturated heterocycles. The van der Waals surface area contributed by atoms with Gasteiger partial charge in [0.2, 0.25) is 5.89 Å². The van der Waals surface area contributed by atoms with E-state index >= 15 is 0 Å². The molecule has 0 radical (unpaired) electrons. The molecule has 1 saturated carbocycles. The molecule has 1 aliphatic rings. The van der Waals surface area contributed by atoms with Gasteiger partial charge in [-0.25, -0.2) is 4.98 Å². The minimum Gasteiger partial charge on any atom is -0.489 e. The summed E-state index contributed by atoms with van der Waals surface area (Å²) in [6, 6.07) is 4.40. The summed E-state index contributed by atoms with van der Waals surface area (Å²) in [6.45, 7) is 1.56. The number of hydrogen-bond donors (Lipinski definition) is 1. The number of ether oxygens (including phenoxy) is 2. The third kappa shape index (κ3) is 4.48. The molecular weight excluding hydrogens is 330 g/mol. The predicted octanol–water partition coefficient (Wildman–Crippen LogP) is 4.39. The maximum atomic E-state index is 12.6. The predicted molar refractivity (Wildman–Crippen MR) is 88.6 cm³/mol. The quantitative estimate of drug-likeness (QED) is 0.763. The Bertz CT molecular complexity index is 714. The van der Waals surface area contributed by atoms with Crippen LogP contribution in [0, 0.1) is 11.8 Å². The number of halogens is 2. The number of oxazole rings is 1. The molecular formula is C18H22F2N2O3. The topological polar surface area (TPSA) is 70.5 Å². The molecule has 2 N–H and O–H groups in total. The molecule has 1 aliphatic carbocycles. The Morgan fingerprint density at radius 3 is 2.68 bits per heavy atom. The molecule has 0 bridgehead atoms. The first-order chi connectivity index (χ1) is 11.9. The van der Waals surface area contributed by atoms with Gasteiger partial charge in [0.05, 0.1) is 18.8 Å². The molecule has 136 valence electrons. The smallest absolute Gasteiger partial charge is 0.387 e. The Labute approximate surface area is 145 Å². The Morgan fingerprint density at radius 1 is 1.28 bits per heavy atom. The van der Waals surface area contributed by atoms with Crippen LogP contribution in [0.15, 0.2) is 28.8 Å². The molecule has 0 amide bonds. The van der Waals surface area contributed by atoms with Gasteiger partial charge in [0.1, 0.15) is 5.76 Å². The number of rotatable bonds is 8. The summed E-state index contributed by atoms with van der Waals surface area (Å²) in [5.41, 5.74) is 6.68. The first-order valence-electron chi connectivity index (χ1n) is 8.37. The Kier molecular flexibility index (Phi) is 5.22. The van der Waals surface area contributed by atoms with Crippen LogP contribution in [0.5, 0.6) is 11.5 Å². The highest BCUT2D eigenvalue weighted by molar-refractivity contribution is 5.60. The van der Waals surface area contributed by atoms with E-state index in [4.69, 9.17) is 14.9 Å². The van der Waals surface area contributed by atoms with Crippen LogP contribution < -0.4 is 15.2 Å². The van der Waals surface area contributed by atoms with Gasteiger partial charge in [0.25, 0.3) is 0 Å². The normalized spacial score (nSPS) is 15.6. The van der Waals surface area contributed by atoms with Crippen molar-refractivity contribution in [2.24, 2.45) is 17.6 Å². The van der Waals surface area contributed by atoms with Crippen LogP contribution in [0.25, 0.3) is 11.5 Å². The fraction of sp³-hybridized carbons (Fsp3) is 0.500. The zero-order valence-corrected chi connectivity index (χ0v) is 14.2. The highest BCUT2D eigenvalue weighted by Gasteiger charge is 2.24. The zero-order valence-electron chi connectivity index (χ0n) is 14.2. The van der Waals surface area contributed by atoms with Crippen molar-refractivity contribution in [3.63, 3.8) is 0 Å². The highest BCUT2D eigenvalue weighted by Crippen LogP contribution is 2.36. The van der Waals surface area contributed by atoms with E-state index in [2.05, 4.69) is 9.72 Å². The van der Waals surface area contributed by atoms with Gasteiger partial charge in [0, 0.05) is 5.56 Å². The van der Waals surface area contributed by atoms with E-state index in [1.54, 1.807) is 18.3 Å². The van der Waals surface area contributed by atoms with Crippen molar-refractivity contribution < 1.29 is 22.7 Å². The van der Waals surface area contributed by atoms with Crippen molar-refractivity contribution in [1.29, 1.82) is 0 Å². The number of nitrogens with zero attached hydrogens (tertiary/aromatic N) is 1. The van der Waals surface area contributed by atoms with Crippen LogP contribution >= 0.6 is 0 Å². The first-order valence-corrected chi connectivity index (χ1v) is 8.37. The maximum Gasteiger partial charge on any atom is 0.387 e. The number of benzene rings is 1. The lowest BCUT2D eigenvalue weighted by molar-refractivity contribution is -0.0515. The molecule has 7 heteroatoms. The largest absolute Gasteiger partial charge is 0.489 e. The third-order valence-corrected chi connectivity index (χ3v) is 4.15. The Balaban J connectivity index is 1.84. The van der Waals surface area contributed by atoms with Crippen LogP contribution in [0.3, 0.4) is 0 Å².